The van der Waals surface area contributed by atoms with Gasteiger partial charge in [0.05, 0.1) is 24.6 Å². The summed E-state index contributed by atoms with van der Waals surface area (Å²) in [6, 6.07) is 7.71. The van der Waals surface area contributed by atoms with E-state index in [0.29, 0.717) is 12.0 Å². The van der Waals surface area contributed by atoms with Crippen LogP contribution < -0.4 is 5.32 Å². The highest BCUT2D eigenvalue weighted by molar-refractivity contribution is 5.90. The van der Waals surface area contributed by atoms with Gasteiger partial charge in [-0.3, -0.25) is 0 Å². The van der Waals surface area contributed by atoms with Crippen molar-refractivity contribution in [3.05, 3.63) is 53.7 Å². The van der Waals surface area contributed by atoms with Crippen LogP contribution in [0.2, 0.25) is 0 Å². The minimum absolute atomic E-state index is 0.0384. The fraction of sp³-hybridized carbons (Fsp3) is 0.267. The number of carbonyl (C=O) groups is 1. The van der Waals surface area contributed by atoms with Crippen molar-refractivity contribution in [2.24, 2.45) is 0 Å². The summed E-state index contributed by atoms with van der Waals surface area (Å²) in [6.45, 7) is 1.91. The predicted octanol–water partition coefficient (Wildman–Crippen LogP) is 3.25. The largest absolute Gasteiger partial charge is 0.469 e. The van der Waals surface area contributed by atoms with Gasteiger partial charge in [0.1, 0.15) is 11.6 Å². The quantitative estimate of drug-likeness (QED) is 0.852. The Bertz CT molecular complexity index is 581. The van der Waals surface area contributed by atoms with E-state index in [9.17, 15) is 9.18 Å². The fourth-order valence-corrected chi connectivity index (χ4v) is 1.93. The lowest BCUT2D eigenvalue weighted by Crippen LogP contribution is -2.19. The number of benzene rings is 1. The van der Waals surface area contributed by atoms with Gasteiger partial charge in [-0.25, -0.2) is 9.18 Å². The monoisotopic (exact) mass is 277 g/mol. The fourth-order valence-electron chi connectivity index (χ4n) is 1.93. The van der Waals surface area contributed by atoms with E-state index in [1.165, 1.54) is 25.3 Å². The van der Waals surface area contributed by atoms with Gasteiger partial charge in [0, 0.05) is 12.5 Å². The van der Waals surface area contributed by atoms with E-state index in [4.69, 9.17) is 4.42 Å². The third kappa shape index (κ3) is 3.38. The molecule has 4 nitrogen and oxygen atoms in total. The molecule has 1 aromatic carbocycles. The average Bonchev–Trinajstić information content (AvgIpc) is 2.93. The molecule has 0 aliphatic heterocycles. The smallest absolute Gasteiger partial charge is 0.337 e. The molecule has 1 heterocycles. The zero-order valence-corrected chi connectivity index (χ0v) is 11.4. The van der Waals surface area contributed by atoms with Gasteiger partial charge in [0.25, 0.3) is 0 Å². The standard InChI is InChI=1S/C15H16FNO3/c1-10(8-12-4-3-7-20-12)17-14-9-11(15(18)19-2)5-6-13(14)16/h3-7,9-10,17H,8H2,1-2H3. The van der Waals surface area contributed by atoms with Gasteiger partial charge < -0.3 is 14.5 Å². The summed E-state index contributed by atoms with van der Waals surface area (Å²) >= 11 is 0. The molecule has 0 saturated heterocycles. The van der Waals surface area contributed by atoms with Crippen LogP contribution in [0.25, 0.3) is 0 Å². The Morgan fingerprint density at radius 3 is 2.90 bits per heavy atom. The minimum Gasteiger partial charge on any atom is -0.469 e. The van der Waals surface area contributed by atoms with Gasteiger partial charge in [-0.05, 0) is 37.3 Å². The number of anilines is 1. The third-order valence-electron chi connectivity index (χ3n) is 2.88. The molecule has 106 valence electrons. The van der Waals surface area contributed by atoms with E-state index in [1.807, 2.05) is 13.0 Å². The molecule has 0 radical (unpaired) electrons. The molecular weight excluding hydrogens is 261 g/mol. The van der Waals surface area contributed by atoms with Crippen LogP contribution >= 0.6 is 0 Å². The van der Waals surface area contributed by atoms with Crippen molar-refractivity contribution in [2.45, 2.75) is 19.4 Å². The van der Waals surface area contributed by atoms with Crippen LogP contribution in [0, 0.1) is 5.82 Å². The van der Waals surface area contributed by atoms with Crippen LogP contribution in [0.15, 0.2) is 41.0 Å². The SMILES string of the molecule is COC(=O)c1ccc(F)c(NC(C)Cc2ccco2)c1. The lowest BCUT2D eigenvalue weighted by atomic mass is 10.1. The average molecular weight is 277 g/mol. The Morgan fingerprint density at radius 1 is 1.45 bits per heavy atom. The first-order valence-electron chi connectivity index (χ1n) is 6.27. The molecule has 0 saturated carbocycles. The lowest BCUT2D eigenvalue weighted by molar-refractivity contribution is 0.0600. The number of rotatable bonds is 5. The van der Waals surface area contributed by atoms with Gasteiger partial charge in [0.2, 0.25) is 0 Å². The molecule has 0 aliphatic carbocycles. The highest BCUT2D eigenvalue weighted by Gasteiger charge is 2.12. The second kappa shape index (κ2) is 6.23. The first kappa shape index (κ1) is 14.1. The number of hydrogen-bond donors (Lipinski definition) is 1. The number of carbonyl (C=O) groups excluding carboxylic acids is 1. The normalized spacial score (nSPS) is 11.9. The van der Waals surface area contributed by atoms with Crippen molar-refractivity contribution in [2.75, 3.05) is 12.4 Å². The van der Waals surface area contributed by atoms with E-state index in [1.54, 1.807) is 12.3 Å². The van der Waals surface area contributed by atoms with E-state index >= 15 is 0 Å². The van der Waals surface area contributed by atoms with Gasteiger partial charge >= 0.3 is 5.97 Å². The predicted molar refractivity (Wildman–Crippen MR) is 73.2 cm³/mol. The van der Waals surface area contributed by atoms with E-state index < -0.39 is 11.8 Å². The number of nitrogens with one attached hydrogen (secondary N) is 1. The minimum atomic E-state index is -0.494. The van der Waals surface area contributed by atoms with E-state index in [-0.39, 0.29) is 11.7 Å². The Kier molecular flexibility index (Phi) is 4.40. The second-order valence-corrected chi connectivity index (χ2v) is 4.52. The summed E-state index contributed by atoms with van der Waals surface area (Å²) in [7, 11) is 1.29. The molecule has 1 N–H and O–H groups in total. The molecule has 1 aromatic heterocycles. The molecule has 0 aliphatic rings. The summed E-state index contributed by atoms with van der Waals surface area (Å²) in [5.41, 5.74) is 0.577. The van der Waals surface area contributed by atoms with Crippen molar-refractivity contribution >= 4 is 11.7 Å². The zero-order chi connectivity index (χ0) is 14.5. The number of furan rings is 1. The first-order valence-corrected chi connectivity index (χ1v) is 6.27. The summed E-state index contributed by atoms with van der Waals surface area (Å²) in [5.74, 6) is -0.0924. The molecule has 0 bridgehead atoms. The number of halogens is 1. The number of hydrogen-bond acceptors (Lipinski definition) is 4. The second-order valence-electron chi connectivity index (χ2n) is 4.52. The Labute approximate surface area is 116 Å². The lowest BCUT2D eigenvalue weighted by Gasteiger charge is -2.15. The van der Waals surface area contributed by atoms with Crippen LogP contribution in [-0.2, 0) is 11.2 Å². The molecule has 1 unspecified atom stereocenters. The molecule has 1 atom stereocenters. The highest BCUT2D eigenvalue weighted by atomic mass is 19.1. The molecular formula is C15H16FNO3. The molecule has 2 rings (SSSR count). The highest BCUT2D eigenvalue weighted by Crippen LogP contribution is 2.19. The van der Waals surface area contributed by atoms with Crippen LogP contribution in [0.4, 0.5) is 10.1 Å². The van der Waals surface area contributed by atoms with Crippen molar-refractivity contribution in [1.29, 1.82) is 0 Å². The molecule has 0 fully saturated rings. The van der Waals surface area contributed by atoms with Crippen molar-refractivity contribution in [1.82, 2.24) is 0 Å². The summed E-state index contributed by atoms with van der Waals surface area (Å²) in [4.78, 5) is 11.4. The van der Waals surface area contributed by atoms with Gasteiger partial charge in [0.15, 0.2) is 0 Å². The van der Waals surface area contributed by atoms with Crippen LogP contribution in [-0.4, -0.2) is 19.1 Å². The topological polar surface area (TPSA) is 51.5 Å². The summed E-state index contributed by atoms with van der Waals surface area (Å²) < 4.78 is 23.6. The van der Waals surface area contributed by atoms with Crippen molar-refractivity contribution < 1.29 is 18.3 Å². The molecule has 2 aromatic rings. The van der Waals surface area contributed by atoms with Crippen LogP contribution in [0.3, 0.4) is 0 Å². The van der Waals surface area contributed by atoms with E-state index in [2.05, 4.69) is 10.1 Å². The Balaban J connectivity index is 2.09. The van der Waals surface area contributed by atoms with E-state index in [0.717, 1.165) is 5.76 Å². The summed E-state index contributed by atoms with van der Waals surface area (Å²) in [5, 5.41) is 3.03. The van der Waals surface area contributed by atoms with Gasteiger partial charge in [-0.15, -0.1) is 0 Å². The number of methoxy groups -OCH3 is 1. The van der Waals surface area contributed by atoms with Gasteiger partial charge in [-0.1, -0.05) is 0 Å². The maximum atomic E-state index is 13.7. The third-order valence-corrected chi connectivity index (χ3v) is 2.88. The first-order chi connectivity index (χ1) is 9.60. The summed E-state index contributed by atoms with van der Waals surface area (Å²) in [6.07, 6.45) is 2.22. The molecule has 5 heteroatoms. The zero-order valence-electron chi connectivity index (χ0n) is 11.4. The van der Waals surface area contributed by atoms with Crippen LogP contribution in [0.1, 0.15) is 23.0 Å². The Morgan fingerprint density at radius 2 is 2.25 bits per heavy atom. The molecule has 0 spiro atoms. The maximum absolute atomic E-state index is 13.7. The maximum Gasteiger partial charge on any atom is 0.337 e. The van der Waals surface area contributed by atoms with Crippen molar-refractivity contribution in [3.63, 3.8) is 0 Å². The van der Waals surface area contributed by atoms with Crippen molar-refractivity contribution in [3.8, 4) is 0 Å². The molecule has 20 heavy (non-hydrogen) atoms. The number of esters is 1. The molecule has 0 amide bonds. The van der Waals surface area contributed by atoms with Gasteiger partial charge in [-0.2, -0.15) is 0 Å². The Hall–Kier alpha value is -2.30. The van der Waals surface area contributed by atoms with Crippen LogP contribution in [0.5, 0.6) is 0 Å². The number of ether oxygens (including phenoxy) is 1.